The number of hydrogen-bond acceptors (Lipinski definition) is 8. The van der Waals surface area contributed by atoms with Gasteiger partial charge in [0.1, 0.15) is 5.82 Å². The number of thioether (sulfide) groups is 1. The average Bonchev–Trinajstić information content (AvgIpc) is 3.52. The second kappa shape index (κ2) is 10.7. The first-order valence-corrected chi connectivity index (χ1v) is 12.5. The van der Waals surface area contributed by atoms with E-state index < -0.39 is 0 Å². The van der Waals surface area contributed by atoms with Gasteiger partial charge in [0, 0.05) is 37.3 Å². The standard InChI is InChI=1S/C25H27FN6O2S/c1-17-3-5-20(6-4-17)24-29-28-23(34-24)18(2)35-25-30-27-22(19-7-9-21(26)10-8-19)32(25)12-11-31-13-15-33-16-14-31/h3-10,18H,11-16H2,1-2H3. The van der Waals surface area contributed by atoms with Gasteiger partial charge in [0.05, 0.1) is 18.5 Å². The summed E-state index contributed by atoms with van der Waals surface area (Å²) in [6.45, 7) is 8.88. The molecule has 1 fully saturated rings. The molecular weight excluding hydrogens is 467 g/mol. The van der Waals surface area contributed by atoms with Crippen LogP contribution in [0.5, 0.6) is 0 Å². The summed E-state index contributed by atoms with van der Waals surface area (Å²) in [6, 6.07) is 14.3. The van der Waals surface area contributed by atoms with Gasteiger partial charge >= 0.3 is 0 Å². The van der Waals surface area contributed by atoms with E-state index in [1.807, 2.05) is 38.1 Å². The summed E-state index contributed by atoms with van der Waals surface area (Å²) in [5.41, 5.74) is 2.88. The van der Waals surface area contributed by atoms with Crippen molar-refractivity contribution in [2.75, 3.05) is 32.8 Å². The molecule has 2 aromatic heterocycles. The molecule has 5 rings (SSSR count). The highest BCUT2D eigenvalue weighted by molar-refractivity contribution is 7.99. The lowest BCUT2D eigenvalue weighted by atomic mass is 10.1. The summed E-state index contributed by atoms with van der Waals surface area (Å²) in [5, 5.41) is 18.0. The van der Waals surface area contributed by atoms with Gasteiger partial charge in [-0.3, -0.25) is 4.90 Å². The molecule has 1 atom stereocenters. The van der Waals surface area contributed by atoms with Crippen LogP contribution in [0, 0.1) is 12.7 Å². The lowest BCUT2D eigenvalue weighted by molar-refractivity contribution is 0.0361. The number of aromatic nitrogens is 5. The Morgan fingerprint density at radius 1 is 0.914 bits per heavy atom. The smallest absolute Gasteiger partial charge is 0.247 e. The van der Waals surface area contributed by atoms with Gasteiger partial charge in [-0.05, 0) is 50.2 Å². The largest absolute Gasteiger partial charge is 0.419 e. The fourth-order valence-electron chi connectivity index (χ4n) is 3.88. The molecular formula is C25H27FN6O2S. The van der Waals surface area contributed by atoms with Crippen LogP contribution in [0.2, 0.25) is 0 Å². The van der Waals surface area contributed by atoms with Gasteiger partial charge in [0.15, 0.2) is 11.0 Å². The van der Waals surface area contributed by atoms with Crippen molar-refractivity contribution < 1.29 is 13.5 Å². The average molecular weight is 495 g/mol. The van der Waals surface area contributed by atoms with E-state index in [4.69, 9.17) is 9.15 Å². The third kappa shape index (κ3) is 5.61. The van der Waals surface area contributed by atoms with Crippen LogP contribution in [0.3, 0.4) is 0 Å². The van der Waals surface area contributed by atoms with Crippen LogP contribution in [-0.2, 0) is 11.3 Å². The fraction of sp³-hybridized carbons (Fsp3) is 0.360. The van der Waals surface area contributed by atoms with Gasteiger partial charge in [-0.2, -0.15) is 0 Å². The van der Waals surface area contributed by atoms with Crippen molar-refractivity contribution in [2.45, 2.75) is 30.8 Å². The lowest BCUT2D eigenvalue weighted by Crippen LogP contribution is -2.38. The molecule has 10 heteroatoms. The summed E-state index contributed by atoms with van der Waals surface area (Å²) in [4.78, 5) is 2.36. The zero-order valence-electron chi connectivity index (χ0n) is 19.7. The van der Waals surface area contributed by atoms with Gasteiger partial charge < -0.3 is 13.7 Å². The topological polar surface area (TPSA) is 82.1 Å². The SMILES string of the molecule is Cc1ccc(-c2nnc(C(C)Sc3nnc(-c4ccc(F)cc4)n3CCN3CCOCC3)o2)cc1. The Balaban J connectivity index is 1.37. The number of rotatable bonds is 8. The summed E-state index contributed by atoms with van der Waals surface area (Å²) in [6.07, 6.45) is 0. The number of nitrogens with zero attached hydrogens (tertiary/aromatic N) is 6. The Kier molecular flexibility index (Phi) is 7.21. The normalized spacial score (nSPS) is 15.4. The molecule has 0 saturated carbocycles. The van der Waals surface area contributed by atoms with E-state index in [0.717, 1.165) is 49.1 Å². The highest BCUT2D eigenvalue weighted by Crippen LogP contribution is 2.36. The lowest BCUT2D eigenvalue weighted by Gasteiger charge is -2.27. The maximum Gasteiger partial charge on any atom is 0.247 e. The minimum absolute atomic E-state index is 0.130. The first-order chi connectivity index (χ1) is 17.1. The number of ether oxygens (including phenoxy) is 1. The maximum absolute atomic E-state index is 13.5. The third-order valence-corrected chi connectivity index (χ3v) is 7.00. The van der Waals surface area contributed by atoms with E-state index >= 15 is 0 Å². The first-order valence-electron chi connectivity index (χ1n) is 11.6. The molecule has 8 nitrogen and oxygen atoms in total. The first kappa shape index (κ1) is 23.7. The fourth-order valence-corrected chi connectivity index (χ4v) is 4.78. The van der Waals surface area contributed by atoms with Crippen molar-refractivity contribution in [2.24, 2.45) is 0 Å². The molecule has 1 saturated heterocycles. The quantitative estimate of drug-likeness (QED) is 0.328. The minimum Gasteiger partial charge on any atom is -0.419 e. The predicted octanol–water partition coefficient (Wildman–Crippen LogP) is 4.63. The molecule has 0 aliphatic carbocycles. The summed E-state index contributed by atoms with van der Waals surface area (Å²) < 4.78 is 27.0. The number of hydrogen-bond donors (Lipinski definition) is 0. The van der Waals surface area contributed by atoms with Crippen LogP contribution >= 0.6 is 11.8 Å². The Morgan fingerprint density at radius 2 is 1.63 bits per heavy atom. The van der Waals surface area contributed by atoms with Crippen molar-refractivity contribution in [1.82, 2.24) is 29.9 Å². The number of halogens is 1. The zero-order valence-corrected chi connectivity index (χ0v) is 20.5. The van der Waals surface area contributed by atoms with Crippen LogP contribution in [0.25, 0.3) is 22.8 Å². The molecule has 182 valence electrons. The summed E-state index contributed by atoms with van der Waals surface area (Å²) >= 11 is 1.52. The second-order valence-corrected chi connectivity index (χ2v) is 9.80. The Labute approximate surface area is 207 Å². The molecule has 1 unspecified atom stereocenters. The predicted molar refractivity (Wildman–Crippen MR) is 131 cm³/mol. The molecule has 0 radical (unpaired) electrons. The number of morpholine rings is 1. The highest BCUT2D eigenvalue weighted by Gasteiger charge is 2.22. The molecule has 0 spiro atoms. The maximum atomic E-state index is 13.5. The third-order valence-electron chi connectivity index (χ3n) is 5.93. The van der Waals surface area contributed by atoms with E-state index in [1.165, 1.54) is 29.5 Å². The van der Waals surface area contributed by atoms with E-state index in [-0.39, 0.29) is 11.1 Å². The highest BCUT2D eigenvalue weighted by atomic mass is 32.2. The zero-order chi connectivity index (χ0) is 24.2. The molecule has 0 N–H and O–H groups in total. The Morgan fingerprint density at radius 3 is 2.37 bits per heavy atom. The minimum atomic E-state index is -0.280. The van der Waals surface area contributed by atoms with E-state index in [0.29, 0.717) is 24.2 Å². The van der Waals surface area contributed by atoms with Gasteiger partial charge in [-0.1, -0.05) is 29.5 Å². The number of aryl methyl sites for hydroxylation is 1. The van der Waals surface area contributed by atoms with Crippen molar-refractivity contribution >= 4 is 11.8 Å². The van der Waals surface area contributed by atoms with Gasteiger partial charge in [0.25, 0.3) is 0 Å². The van der Waals surface area contributed by atoms with Crippen molar-refractivity contribution in [3.8, 4) is 22.8 Å². The van der Waals surface area contributed by atoms with E-state index in [2.05, 4.69) is 29.9 Å². The summed E-state index contributed by atoms with van der Waals surface area (Å²) in [5.74, 6) is 1.45. The van der Waals surface area contributed by atoms with Crippen LogP contribution in [0.15, 0.2) is 58.1 Å². The molecule has 4 aromatic rings. The molecule has 0 amide bonds. The van der Waals surface area contributed by atoms with Crippen molar-refractivity contribution in [3.63, 3.8) is 0 Å². The van der Waals surface area contributed by atoms with Gasteiger partial charge in [0.2, 0.25) is 11.8 Å². The Hall–Kier alpha value is -3.08. The monoisotopic (exact) mass is 494 g/mol. The molecule has 3 heterocycles. The molecule has 1 aliphatic rings. The van der Waals surface area contributed by atoms with Crippen LogP contribution in [0.1, 0.15) is 23.6 Å². The molecule has 2 aromatic carbocycles. The molecule has 0 bridgehead atoms. The van der Waals surface area contributed by atoms with Crippen molar-refractivity contribution in [1.29, 1.82) is 0 Å². The number of benzene rings is 2. The molecule has 35 heavy (non-hydrogen) atoms. The summed E-state index contributed by atoms with van der Waals surface area (Å²) in [7, 11) is 0. The van der Waals surface area contributed by atoms with Crippen LogP contribution in [0.4, 0.5) is 4.39 Å². The van der Waals surface area contributed by atoms with Gasteiger partial charge in [-0.25, -0.2) is 4.39 Å². The second-order valence-electron chi connectivity index (χ2n) is 8.49. The van der Waals surface area contributed by atoms with E-state index in [1.54, 1.807) is 12.1 Å². The van der Waals surface area contributed by atoms with Crippen LogP contribution in [-0.4, -0.2) is 62.7 Å². The van der Waals surface area contributed by atoms with E-state index in [9.17, 15) is 4.39 Å². The van der Waals surface area contributed by atoms with Gasteiger partial charge in [-0.15, -0.1) is 20.4 Å². The molecule has 1 aliphatic heterocycles. The Bertz CT molecular complexity index is 1250. The van der Waals surface area contributed by atoms with Crippen molar-refractivity contribution in [3.05, 3.63) is 65.8 Å². The van der Waals surface area contributed by atoms with Crippen LogP contribution < -0.4 is 0 Å².